The molecule has 0 bridgehead atoms. The zero-order valence-electron chi connectivity index (χ0n) is 17.4. The van der Waals surface area contributed by atoms with Crippen LogP contribution in [0.1, 0.15) is 72.8 Å². The number of nitrogens with zero attached hydrogens (tertiary/aromatic N) is 1. The first-order chi connectivity index (χ1) is 13.3. The molecule has 1 heterocycles. The summed E-state index contributed by atoms with van der Waals surface area (Å²) in [6, 6.07) is 12.7. The van der Waals surface area contributed by atoms with E-state index in [-0.39, 0.29) is 12.4 Å². The number of nitrogens with two attached hydrogens (primary N) is 1. The molecule has 0 unspecified atom stereocenters. The number of Topliss-reactive ketones (excluding diaryl/α,β-unsaturated/α-hetero) is 1. The van der Waals surface area contributed by atoms with Gasteiger partial charge in [0.15, 0.2) is 5.78 Å². The predicted octanol–water partition coefficient (Wildman–Crippen LogP) is 4.00. The van der Waals surface area contributed by atoms with Gasteiger partial charge in [0.1, 0.15) is 0 Å². The topological polar surface area (TPSA) is 68.2 Å². The first-order valence-electron chi connectivity index (χ1n) is 10.5. The van der Waals surface area contributed by atoms with Crippen LogP contribution in [0.25, 0.3) is 0 Å². The van der Waals surface area contributed by atoms with E-state index in [1.807, 2.05) is 17.7 Å². The molecule has 3 rings (SSSR count). The third-order valence-corrected chi connectivity index (χ3v) is 6.13. The number of aromatic nitrogens is 1. The summed E-state index contributed by atoms with van der Waals surface area (Å²) in [4.78, 5) is 12.8. The Kier molecular flexibility index (Phi) is 6.41. The van der Waals surface area contributed by atoms with Gasteiger partial charge in [-0.1, -0.05) is 38.1 Å². The molecule has 1 aliphatic rings. The lowest BCUT2D eigenvalue weighted by atomic mass is 9.97. The molecule has 2 aromatic rings. The number of rotatable bonds is 8. The summed E-state index contributed by atoms with van der Waals surface area (Å²) in [5.74, 6) is 1.15. The van der Waals surface area contributed by atoms with E-state index in [1.165, 1.54) is 11.1 Å². The molecule has 1 aromatic carbocycles. The summed E-state index contributed by atoms with van der Waals surface area (Å²) in [5, 5.41) is 9.50. The van der Waals surface area contributed by atoms with Gasteiger partial charge in [-0.05, 0) is 61.3 Å². The minimum atomic E-state index is -0.471. The third kappa shape index (κ3) is 4.73. The van der Waals surface area contributed by atoms with Gasteiger partial charge in [0.25, 0.3) is 0 Å². The Morgan fingerprint density at radius 2 is 1.89 bits per heavy atom. The van der Waals surface area contributed by atoms with Gasteiger partial charge in [-0.25, -0.2) is 0 Å². The van der Waals surface area contributed by atoms with Crippen LogP contribution in [-0.2, 0) is 19.9 Å². The van der Waals surface area contributed by atoms with E-state index in [2.05, 4.69) is 44.2 Å². The fourth-order valence-corrected chi connectivity index (χ4v) is 4.47. The van der Waals surface area contributed by atoms with Crippen molar-refractivity contribution < 1.29 is 9.90 Å². The second kappa shape index (κ2) is 8.62. The number of carbonyl (C=O) groups is 1. The van der Waals surface area contributed by atoms with Crippen molar-refractivity contribution in [2.45, 2.75) is 63.8 Å². The smallest absolute Gasteiger partial charge is 0.179 e. The molecule has 3 N–H and O–H groups in total. The molecule has 0 aliphatic heterocycles. The Labute approximate surface area is 168 Å². The lowest BCUT2D eigenvalue weighted by Gasteiger charge is -2.21. The molecule has 1 saturated carbocycles. The molecule has 152 valence electrons. The number of hydrogen-bond donors (Lipinski definition) is 2. The van der Waals surface area contributed by atoms with Gasteiger partial charge in [-0.3, -0.25) is 4.79 Å². The van der Waals surface area contributed by atoms with Crippen LogP contribution in [-0.4, -0.2) is 27.6 Å². The van der Waals surface area contributed by atoms with Crippen molar-refractivity contribution in [2.24, 2.45) is 18.7 Å². The van der Waals surface area contributed by atoms with E-state index < -0.39 is 5.54 Å². The highest BCUT2D eigenvalue weighted by Gasteiger charge is 2.37. The Morgan fingerprint density at radius 3 is 2.50 bits per heavy atom. The Morgan fingerprint density at radius 1 is 1.21 bits per heavy atom. The number of carbonyl (C=O) groups excluding carboxylic acids is 1. The van der Waals surface area contributed by atoms with Crippen LogP contribution in [0, 0.1) is 5.92 Å². The normalized spacial score (nSPS) is 22.1. The average Bonchev–Trinajstić information content (AvgIpc) is 3.24. The molecular formula is C24H34N2O2. The maximum absolute atomic E-state index is 12.8. The summed E-state index contributed by atoms with van der Waals surface area (Å²) in [6.45, 7) is 4.48. The molecule has 1 fully saturated rings. The maximum atomic E-state index is 12.8. The first-order valence-corrected chi connectivity index (χ1v) is 10.5. The molecule has 1 aliphatic carbocycles. The van der Waals surface area contributed by atoms with Gasteiger partial charge >= 0.3 is 0 Å². The van der Waals surface area contributed by atoms with Crippen LogP contribution < -0.4 is 5.73 Å². The monoisotopic (exact) mass is 382 g/mol. The molecule has 1 aromatic heterocycles. The second-order valence-corrected chi connectivity index (χ2v) is 9.00. The Hall–Kier alpha value is -1.91. The van der Waals surface area contributed by atoms with Crippen molar-refractivity contribution in [1.82, 2.24) is 4.57 Å². The van der Waals surface area contributed by atoms with Gasteiger partial charge < -0.3 is 15.4 Å². The van der Waals surface area contributed by atoms with Gasteiger partial charge in [0.05, 0.1) is 12.3 Å². The zero-order chi connectivity index (χ0) is 20.3. The summed E-state index contributed by atoms with van der Waals surface area (Å²) in [5.41, 5.74) is 10.2. The minimum Gasteiger partial charge on any atom is -0.394 e. The van der Waals surface area contributed by atoms with E-state index in [0.717, 1.165) is 43.5 Å². The second-order valence-electron chi connectivity index (χ2n) is 9.00. The molecule has 0 amide bonds. The van der Waals surface area contributed by atoms with Crippen LogP contribution in [0.15, 0.2) is 36.4 Å². The van der Waals surface area contributed by atoms with E-state index in [0.29, 0.717) is 18.3 Å². The Balaban J connectivity index is 1.60. The van der Waals surface area contributed by atoms with Crippen molar-refractivity contribution in [3.05, 3.63) is 58.9 Å². The van der Waals surface area contributed by atoms with Crippen molar-refractivity contribution >= 4 is 5.78 Å². The molecule has 4 heteroatoms. The number of aliphatic hydroxyl groups is 1. The van der Waals surface area contributed by atoms with Crippen molar-refractivity contribution in [3.63, 3.8) is 0 Å². The van der Waals surface area contributed by atoms with Crippen molar-refractivity contribution in [2.75, 3.05) is 6.61 Å². The van der Waals surface area contributed by atoms with Gasteiger partial charge in [-0.15, -0.1) is 0 Å². The molecule has 2 atom stereocenters. The van der Waals surface area contributed by atoms with Gasteiger partial charge in [0, 0.05) is 30.6 Å². The average molecular weight is 383 g/mol. The molecule has 4 nitrogen and oxygen atoms in total. The van der Waals surface area contributed by atoms with Crippen LogP contribution in [0.2, 0.25) is 0 Å². The van der Waals surface area contributed by atoms with E-state index in [1.54, 1.807) is 0 Å². The highest BCUT2D eigenvalue weighted by Crippen LogP contribution is 2.39. The van der Waals surface area contributed by atoms with Crippen LogP contribution in [0.4, 0.5) is 0 Å². The summed E-state index contributed by atoms with van der Waals surface area (Å²) >= 11 is 0. The number of benzene rings is 1. The molecular weight excluding hydrogens is 348 g/mol. The number of ketones is 1. The van der Waals surface area contributed by atoms with E-state index >= 15 is 0 Å². The van der Waals surface area contributed by atoms with E-state index in [9.17, 15) is 9.90 Å². The minimum absolute atomic E-state index is 0.0235. The zero-order valence-corrected chi connectivity index (χ0v) is 17.4. The lowest BCUT2D eigenvalue weighted by Crippen LogP contribution is -2.40. The molecule has 0 radical (unpaired) electrons. The first kappa shape index (κ1) is 20.8. The quantitative estimate of drug-likeness (QED) is 0.678. The number of aliphatic hydroxyl groups excluding tert-OH is 1. The van der Waals surface area contributed by atoms with Crippen LogP contribution in [0.5, 0.6) is 0 Å². The van der Waals surface area contributed by atoms with Crippen molar-refractivity contribution in [1.29, 1.82) is 0 Å². The third-order valence-electron chi connectivity index (χ3n) is 6.13. The van der Waals surface area contributed by atoms with E-state index in [4.69, 9.17) is 5.73 Å². The van der Waals surface area contributed by atoms with Crippen molar-refractivity contribution in [3.8, 4) is 0 Å². The highest BCUT2D eigenvalue weighted by molar-refractivity contribution is 5.95. The lowest BCUT2D eigenvalue weighted by molar-refractivity contribution is 0.0974. The fraction of sp³-hybridized carbons (Fsp3) is 0.542. The summed E-state index contributed by atoms with van der Waals surface area (Å²) in [7, 11) is 1.97. The largest absolute Gasteiger partial charge is 0.394 e. The number of hydrogen-bond acceptors (Lipinski definition) is 3. The summed E-state index contributed by atoms with van der Waals surface area (Å²) < 4.78 is 2.03. The van der Waals surface area contributed by atoms with Gasteiger partial charge in [0.2, 0.25) is 0 Å². The highest BCUT2D eigenvalue weighted by atomic mass is 16.3. The standard InChI is InChI=1S/C24H34N2O2/c1-17(2)14-19-6-4-18(5-7-19)8-11-23(28)22-10-9-21(26(22)3)20-12-13-24(25,15-20)16-27/h4-7,9-10,17,20,27H,8,11-16,25H2,1-3H3/t20-,24+/m0/s1. The summed E-state index contributed by atoms with van der Waals surface area (Å²) in [6.07, 6.45) is 4.94. The SMILES string of the molecule is CC(C)Cc1ccc(CCC(=O)c2ccc([C@H]3CC[C@](N)(CO)C3)n2C)cc1. The predicted molar refractivity (Wildman–Crippen MR) is 114 cm³/mol. The number of aryl methyl sites for hydroxylation is 1. The molecule has 0 spiro atoms. The van der Waals surface area contributed by atoms with Crippen LogP contribution >= 0.6 is 0 Å². The Bertz CT molecular complexity index is 807. The molecule has 28 heavy (non-hydrogen) atoms. The van der Waals surface area contributed by atoms with Crippen LogP contribution in [0.3, 0.4) is 0 Å². The fourth-order valence-electron chi connectivity index (χ4n) is 4.47. The molecule has 0 saturated heterocycles. The maximum Gasteiger partial charge on any atom is 0.179 e. The van der Waals surface area contributed by atoms with Gasteiger partial charge in [-0.2, -0.15) is 0 Å².